The maximum atomic E-state index is 12.3. The molecule has 2 aliphatic heterocycles. The second kappa shape index (κ2) is 4.01. The molecule has 0 saturated carbocycles. The molecule has 0 spiro atoms. The molecule has 1 aromatic carbocycles. The third kappa shape index (κ3) is 1.48. The molecule has 3 unspecified atom stereocenters. The second-order valence-corrected chi connectivity index (χ2v) is 6.71. The Kier molecular flexibility index (Phi) is 2.39. The Morgan fingerprint density at radius 2 is 1.95 bits per heavy atom. The molecule has 1 aromatic rings. The van der Waals surface area contributed by atoms with Crippen molar-refractivity contribution in [3.05, 3.63) is 60.2 Å². The quantitative estimate of drug-likeness (QED) is 0.781. The fraction of sp³-hybridized carbons (Fsp3) is 0.312. The Bertz CT molecular complexity index is 580. The van der Waals surface area contributed by atoms with E-state index in [1.54, 1.807) is 0 Å². The molecule has 0 N–H and O–H groups in total. The number of carbonyl (C=O) groups excluding carboxylic acids is 1. The van der Waals surface area contributed by atoms with Crippen LogP contribution in [0.4, 0.5) is 0 Å². The van der Waals surface area contributed by atoms with Crippen molar-refractivity contribution in [2.45, 2.75) is 29.0 Å². The first-order valence-corrected chi connectivity index (χ1v) is 7.60. The summed E-state index contributed by atoms with van der Waals surface area (Å²) in [6.45, 7) is 0. The van der Waals surface area contributed by atoms with Gasteiger partial charge in [-0.15, -0.1) is 11.8 Å². The summed E-state index contributed by atoms with van der Waals surface area (Å²) in [7, 11) is 0. The van der Waals surface area contributed by atoms with E-state index in [2.05, 4.69) is 53.5 Å². The van der Waals surface area contributed by atoms with Crippen molar-refractivity contribution < 1.29 is 4.79 Å². The average molecular weight is 269 g/mol. The summed E-state index contributed by atoms with van der Waals surface area (Å²) in [6.07, 6.45) is 10.2. The molecule has 0 radical (unpaired) electrons. The smallest absolute Gasteiger partial charge is 0.224 e. The predicted octanol–water partition coefficient (Wildman–Crippen LogP) is 3.07. The van der Waals surface area contributed by atoms with Crippen molar-refractivity contribution in [2.24, 2.45) is 0 Å². The number of carbonyl (C=O) groups is 1. The second-order valence-electron chi connectivity index (χ2n) is 5.26. The first-order valence-electron chi connectivity index (χ1n) is 6.72. The number of hydrogen-bond donors (Lipinski definition) is 0. The van der Waals surface area contributed by atoms with Gasteiger partial charge in [0, 0.05) is 11.7 Å². The van der Waals surface area contributed by atoms with Gasteiger partial charge in [-0.2, -0.15) is 0 Å². The van der Waals surface area contributed by atoms with Gasteiger partial charge in [0.05, 0.1) is 6.04 Å². The summed E-state index contributed by atoms with van der Waals surface area (Å²) >= 11 is 1.94. The highest BCUT2D eigenvalue weighted by Gasteiger charge is 2.57. The molecule has 2 fully saturated rings. The van der Waals surface area contributed by atoms with Gasteiger partial charge in [0.15, 0.2) is 0 Å². The van der Waals surface area contributed by atoms with E-state index in [4.69, 9.17) is 0 Å². The van der Waals surface area contributed by atoms with Crippen molar-refractivity contribution in [1.29, 1.82) is 0 Å². The molecule has 4 rings (SSSR count). The monoisotopic (exact) mass is 269 g/mol. The minimum Gasteiger partial charge on any atom is -0.316 e. The van der Waals surface area contributed by atoms with Crippen LogP contribution < -0.4 is 0 Å². The maximum absolute atomic E-state index is 12.3. The van der Waals surface area contributed by atoms with E-state index in [-0.39, 0.29) is 10.9 Å². The van der Waals surface area contributed by atoms with Gasteiger partial charge < -0.3 is 4.90 Å². The highest BCUT2D eigenvalue weighted by Crippen LogP contribution is 2.58. The van der Waals surface area contributed by atoms with E-state index in [9.17, 15) is 4.79 Å². The number of fused-ring (bicyclic) bond motifs is 3. The minimum absolute atomic E-state index is 0.146. The van der Waals surface area contributed by atoms with E-state index in [1.165, 1.54) is 5.56 Å². The molecule has 0 bridgehead atoms. The van der Waals surface area contributed by atoms with Gasteiger partial charge in [-0.05, 0) is 12.0 Å². The van der Waals surface area contributed by atoms with E-state index >= 15 is 0 Å². The van der Waals surface area contributed by atoms with Crippen LogP contribution in [0.3, 0.4) is 0 Å². The lowest BCUT2D eigenvalue weighted by Gasteiger charge is -2.33. The third-order valence-corrected chi connectivity index (χ3v) is 5.98. The van der Waals surface area contributed by atoms with Crippen LogP contribution in [0.1, 0.15) is 18.4 Å². The topological polar surface area (TPSA) is 20.3 Å². The van der Waals surface area contributed by atoms with E-state index in [1.807, 2.05) is 17.8 Å². The number of hydrogen-bond acceptors (Lipinski definition) is 2. The SMILES string of the molecule is O=C1CCC2(c3ccccc3)SC3C=CC=CC3N12. The van der Waals surface area contributed by atoms with E-state index < -0.39 is 0 Å². The fourth-order valence-corrected chi connectivity index (χ4v) is 5.23. The van der Waals surface area contributed by atoms with Crippen LogP contribution in [-0.2, 0) is 9.67 Å². The summed E-state index contributed by atoms with van der Waals surface area (Å²) in [4.78, 5) is 14.3. The molecular formula is C16H15NOS. The van der Waals surface area contributed by atoms with Crippen molar-refractivity contribution in [2.75, 3.05) is 0 Å². The first-order chi connectivity index (χ1) is 9.31. The number of amides is 1. The van der Waals surface area contributed by atoms with Crippen LogP contribution in [0.15, 0.2) is 54.6 Å². The third-order valence-electron chi connectivity index (χ3n) is 4.25. The number of thioether (sulfide) groups is 1. The van der Waals surface area contributed by atoms with E-state index in [0.717, 1.165) is 6.42 Å². The Morgan fingerprint density at radius 1 is 1.16 bits per heavy atom. The zero-order chi connectivity index (χ0) is 12.9. The van der Waals surface area contributed by atoms with Gasteiger partial charge in [-0.3, -0.25) is 4.79 Å². The average Bonchev–Trinajstić information content (AvgIpc) is 2.96. The van der Waals surface area contributed by atoms with Gasteiger partial charge in [0.25, 0.3) is 0 Å². The van der Waals surface area contributed by atoms with Gasteiger partial charge in [-0.25, -0.2) is 0 Å². The summed E-state index contributed by atoms with van der Waals surface area (Å²) in [5.41, 5.74) is 1.27. The van der Waals surface area contributed by atoms with Crippen molar-refractivity contribution >= 4 is 17.7 Å². The lowest BCUT2D eigenvalue weighted by Crippen LogP contribution is -2.42. The maximum Gasteiger partial charge on any atom is 0.224 e. The van der Waals surface area contributed by atoms with Crippen molar-refractivity contribution in [3.63, 3.8) is 0 Å². The van der Waals surface area contributed by atoms with Crippen LogP contribution in [0.25, 0.3) is 0 Å². The minimum atomic E-state index is -0.146. The predicted molar refractivity (Wildman–Crippen MR) is 77.6 cm³/mol. The van der Waals surface area contributed by atoms with Crippen LogP contribution >= 0.6 is 11.8 Å². The molecule has 2 nitrogen and oxygen atoms in total. The molecule has 1 amide bonds. The number of benzene rings is 1. The molecule has 0 aromatic heterocycles. The van der Waals surface area contributed by atoms with Gasteiger partial charge >= 0.3 is 0 Å². The molecule has 1 aliphatic carbocycles. The summed E-state index contributed by atoms with van der Waals surface area (Å²) < 4.78 is 0. The highest BCUT2D eigenvalue weighted by molar-refractivity contribution is 8.01. The zero-order valence-electron chi connectivity index (χ0n) is 10.5. The van der Waals surface area contributed by atoms with E-state index in [0.29, 0.717) is 17.6 Å². The number of allylic oxidation sites excluding steroid dienone is 2. The Labute approximate surface area is 117 Å². The molecule has 3 atom stereocenters. The van der Waals surface area contributed by atoms with Crippen molar-refractivity contribution in [1.82, 2.24) is 4.90 Å². The molecule has 96 valence electrons. The fourth-order valence-electron chi connectivity index (χ4n) is 3.43. The summed E-state index contributed by atoms with van der Waals surface area (Å²) in [6, 6.07) is 10.7. The number of rotatable bonds is 1. The molecule has 2 saturated heterocycles. The van der Waals surface area contributed by atoms with Gasteiger partial charge in [0.2, 0.25) is 5.91 Å². The Morgan fingerprint density at radius 3 is 2.79 bits per heavy atom. The molecular weight excluding hydrogens is 254 g/mol. The lowest BCUT2D eigenvalue weighted by atomic mass is 10.0. The number of nitrogens with zero attached hydrogens (tertiary/aromatic N) is 1. The first kappa shape index (κ1) is 11.4. The summed E-state index contributed by atoms with van der Waals surface area (Å²) in [5, 5.41) is 0.398. The Hall–Kier alpha value is -1.48. The molecule has 3 aliphatic rings. The van der Waals surface area contributed by atoms with Crippen molar-refractivity contribution in [3.8, 4) is 0 Å². The molecule has 19 heavy (non-hydrogen) atoms. The van der Waals surface area contributed by atoms with Crippen LogP contribution in [0, 0.1) is 0 Å². The van der Waals surface area contributed by atoms with Crippen LogP contribution in [0.5, 0.6) is 0 Å². The largest absolute Gasteiger partial charge is 0.316 e. The molecule has 2 heterocycles. The van der Waals surface area contributed by atoms with Gasteiger partial charge in [0.1, 0.15) is 4.87 Å². The molecule has 3 heteroatoms. The normalized spacial score (nSPS) is 35.6. The summed E-state index contributed by atoms with van der Waals surface area (Å²) in [5.74, 6) is 0.295. The Balaban J connectivity index is 1.85. The zero-order valence-corrected chi connectivity index (χ0v) is 11.3. The van der Waals surface area contributed by atoms with Gasteiger partial charge in [-0.1, -0.05) is 54.6 Å². The highest BCUT2D eigenvalue weighted by atomic mass is 32.2. The van der Waals surface area contributed by atoms with Crippen LogP contribution in [-0.4, -0.2) is 22.1 Å². The lowest BCUT2D eigenvalue weighted by molar-refractivity contribution is -0.130. The van der Waals surface area contributed by atoms with Crippen LogP contribution in [0.2, 0.25) is 0 Å². The standard InChI is InChI=1S/C16H15NOS/c18-15-10-11-16(12-6-2-1-3-7-12)17(15)13-8-4-5-9-14(13)19-16/h1-9,13-14H,10-11H2.